The van der Waals surface area contributed by atoms with Crippen molar-refractivity contribution in [1.82, 2.24) is 20.1 Å². The lowest BCUT2D eigenvalue weighted by molar-refractivity contribution is 0.0952. The van der Waals surface area contributed by atoms with Gasteiger partial charge in [-0.05, 0) is 65.0 Å². The summed E-state index contributed by atoms with van der Waals surface area (Å²) in [5.74, 6) is 0.0742. The summed E-state index contributed by atoms with van der Waals surface area (Å²) in [5, 5.41) is 10.7. The van der Waals surface area contributed by atoms with Gasteiger partial charge in [-0.1, -0.05) is 23.2 Å². The first kappa shape index (κ1) is 20.8. The number of hydrogen-bond acceptors (Lipinski definition) is 4. The van der Waals surface area contributed by atoms with Gasteiger partial charge in [-0.2, -0.15) is 5.10 Å². The second-order valence-corrected chi connectivity index (χ2v) is 8.53. The first-order valence-electron chi connectivity index (χ1n) is 9.18. The van der Waals surface area contributed by atoms with Crippen LogP contribution in [-0.4, -0.2) is 33.1 Å². The molecular weight excluding hydrogens is 493 g/mol. The zero-order valence-corrected chi connectivity index (χ0v) is 18.6. The van der Waals surface area contributed by atoms with Crippen molar-refractivity contribution in [2.45, 2.75) is 12.8 Å². The second-order valence-electron chi connectivity index (χ2n) is 6.87. The van der Waals surface area contributed by atoms with Crippen LogP contribution in [0.2, 0.25) is 10.0 Å². The number of amides is 2. The maximum atomic E-state index is 13.0. The number of anilines is 1. The Labute approximate surface area is 190 Å². The van der Waals surface area contributed by atoms with Gasteiger partial charge in [0.05, 0.1) is 16.3 Å². The number of rotatable bonds is 6. The third-order valence-corrected chi connectivity index (χ3v) is 5.49. The van der Waals surface area contributed by atoms with Crippen molar-refractivity contribution in [3.63, 3.8) is 0 Å². The summed E-state index contributed by atoms with van der Waals surface area (Å²) in [6.45, 7) is 0.608. The molecule has 1 aliphatic rings. The molecule has 0 radical (unpaired) electrons. The Morgan fingerprint density at radius 3 is 2.70 bits per heavy atom. The Balaban J connectivity index is 1.62. The molecule has 2 aromatic heterocycles. The minimum atomic E-state index is -0.478. The van der Waals surface area contributed by atoms with Crippen molar-refractivity contribution in [3.8, 4) is 5.82 Å². The summed E-state index contributed by atoms with van der Waals surface area (Å²) in [7, 11) is 0. The summed E-state index contributed by atoms with van der Waals surface area (Å²) in [6.07, 6.45) is 3.79. The van der Waals surface area contributed by atoms with E-state index in [1.807, 2.05) is 0 Å². The predicted molar refractivity (Wildman–Crippen MR) is 119 cm³/mol. The summed E-state index contributed by atoms with van der Waals surface area (Å²) in [6, 6.07) is 9.62. The van der Waals surface area contributed by atoms with E-state index in [0.717, 1.165) is 12.8 Å². The molecule has 10 heteroatoms. The molecule has 2 amide bonds. The fourth-order valence-corrected chi connectivity index (χ4v) is 3.61. The van der Waals surface area contributed by atoms with Gasteiger partial charge >= 0.3 is 0 Å². The smallest absolute Gasteiger partial charge is 0.274 e. The second kappa shape index (κ2) is 8.75. The van der Waals surface area contributed by atoms with Crippen molar-refractivity contribution in [2.75, 3.05) is 11.9 Å². The molecule has 30 heavy (non-hydrogen) atoms. The molecule has 1 aromatic carbocycles. The van der Waals surface area contributed by atoms with Crippen molar-refractivity contribution in [3.05, 3.63) is 68.5 Å². The van der Waals surface area contributed by atoms with Gasteiger partial charge in [0, 0.05) is 23.8 Å². The van der Waals surface area contributed by atoms with Crippen LogP contribution in [0, 0.1) is 5.92 Å². The molecule has 2 N–H and O–H groups in total. The van der Waals surface area contributed by atoms with E-state index in [2.05, 4.69) is 36.6 Å². The Kier molecular flexibility index (Phi) is 6.08. The van der Waals surface area contributed by atoms with E-state index in [9.17, 15) is 9.59 Å². The molecule has 0 saturated heterocycles. The number of carbonyl (C=O) groups is 2. The zero-order valence-electron chi connectivity index (χ0n) is 15.5. The molecule has 2 heterocycles. The fraction of sp³-hybridized carbons (Fsp3) is 0.200. The van der Waals surface area contributed by atoms with Crippen LogP contribution < -0.4 is 10.6 Å². The quantitative estimate of drug-likeness (QED) is 0.503. The molecule has 0 bridgehead atoms. The molecule has 0 aliphatic heterocycles. The lowest BCUT2D eigenvalue weighted by Gasteiger charge is -2.13. The van der Waals surface area contributed by atoms with Crippen LogP contribution in [0.15, 0.2) is 47.2 Å². The highest BCUT2D eigenvalue weighted by molar-refractivity contribution is 9.10. The first-order valence-corrected chi connectivity index (χ1v) is 10.7. The fourth-order valence-electron chi connectivity index (χ4n) is 2.86. The third-order valence-electron chi connectivity index (χ3n) is 4.57. The van der Waals surface area contributed by atoms with Gasteiger partial charge in [0.15, 0.2) is 5.82 Å². The molecule has 1 aliphatic carbocycles. The average Bonchev–Trinajstić information content (AvgIpc) is 3.47. The number of nitrogens with zero attached hydrogens (tertiary/aromatic N) is 3. The SMILES string of the molecule is O=C(NCC1CC1)c1cc(Cl)ccc1NC(=O)c1cc(Br)nn1-c1ncccc1Cl. The number of pyridine rings is 1. The highest BCUT2D eigenvalue weighted by atomic mass is 79.9. The van der Waals surface area contributed by atoms with E-state index in [-0.39, 0.29) is 17.2 Å². The van der Waals surface area contributed by atoms with Crippen LogP contribution in [0.25, 0.3) is 5.82 Å². The Morgan fingerprint density at radius 2 is 1.97 bits per heavy atom. The maximum absolute atomic E-state index is 13.0. The minimum Gasteiger partial charge on any atom is -0.352 e. The molecule has 4 rings (SSSR count). The number of nitrogens with one attached hydrogen (secondary N) is 2. The maximum Gasteiger partial charge on any atom is 0.274 e. The number of benzene rings is 1. The van der Waals surface area contributed by atoms with Crippen LogP contribution in [0.4, 0.5) is 5.69 Å². The molecule has 154 valence electrons. The zero-order chi connectivity index (χ0) is 21.3. The van der Waals surface area contributed by atoms with Gasteiger partial charge < -0.3 is 10.6 Å². The number of carbonyl (C=O) groups excluding carboxylic acids is 2. The third kappa shape index (κ3) is 4.66. The van der Waals surface area contributed by atoms with Gasteiger partial charge in [0.2, 0.25) is 0 Å². The first-order chi connectivity index (χ1) is 14.4. The van der Waals surface area contributed by atoms with E-state index in [0.29, 0.717) is 38.6 Å². The normalized spacial score (nSPS) is 13.2. The highest BCUT2D eigenvalue weighted by Crippen LogP contribution is 2.28. The van der Waals surface area contributed by atoms with Gasteiger partial charge in [0.25, 0.3) is 11.8 Å². The van der Waals surface area contributed by atoms with E-state index >= 15 is 0 Å². The molecule has 3 aromatic rings. The largest absolute Gasteiger partial charge is 0.352 e. The van der Waals surface area contributed by atoms with Crippen LogP contribution in [0.1, 0.15) is 33.7 Å². The Bertz CT molecular complexity index is 1130. The van der Waals surface area contributed by atoms with E-state index in [1.165, 1.54) is 10.7 Å². The van der Waals surface area contributed by atoms with Crippen molar-refractivity contribution < 1.29 is 9.59 Å². The predicted octanol–water partition coefficient (Wildman–Crippen LogP) is 4.73. The minimum absolute atomic E-state index is 0.196. The molecule has 1 fully saturated rings. The lowest BCUT2D eigenvalue weighted by atomic mass is 10.1. The highest BCUT2D eigenvalue weighted by Gasteiger charge is 2.24. The van der Waals surface area contributed by atoms with E-state index in [4.69, 9.17) is 23.2 Å². The summed E-state index contributed by atoms with van der Waals surface area (Å²) in [4.78, 5) is 29.9. The molecule has 0 spiro atoms. The summed E-state index contributed by atoms with van der Waals surface area (Å²) in [5.41, 5.74) is 0.827. The standard InChI is InChI=1S/C20H16BrCl2N5O2/c21-17-9-16(28(27-17)18-14(23)2-1-7-24-18)20(30)26-15-6-5-12(22)8-13(15)19(29)25-10-11-3-4-11/h1-2,5-9,11H,3-4,10H2,(H,25,29)(H,26,30). The van der Waals surface area contributed by atoms with Crippen LogP contribution >= 0.6 is 39.1 Å². The van der Waals surface area contributed by atoms with Crippen molar-refractivity contribution >= 4 is 56.6 Å². The van der Waals surface area contributed by atoms with Gasteiger partial charge in [0.1, 0.15) is 10.3 Å². The van der Waals surface area contributed by atoms with Gasteiger partial charge in [-0.15, -0.1) is 0 Å². The van der Waals surface area contributed by atoms with E-state index in [1.54, 1.807) is 36.5 Å². The molecule has 0 atom stereocenters. The summed E-state index contributed by atoms with van der Waals surface area (Å²) >= 11 is 15.6. The molecule has 1 saturated carbocycles. The van der Waals surface area contributed by atoms with Crippen LogP contribution in [0.5, 0.6) is 0 Å². The number of aromatic nitrogens is 3. The van der Waals surface area contributed by atoms with Gasteiger partial charge in [-0.25, -0.2) is 9.67 Å². The molecule has 0 unspecified atom stereocenters. The van der Waals surface area contributed by atoms with Crippen LogP contribution in [-0.2, 0) is 0 Å². The van der Waals surface area contributed by atoms with Crippen molar-refractivity contribution in [1.29, 1.82) is 0 Å². The van der Waals surface area contributed by atoms with Gasteiger partial charge in [-0.3, -0.25) is 9.59 Å². The molecule has 7 nitrogen and oxygen atoms in total. The average molecular weight is 509 g/mol. The number of halogens is 3. The number of hydrogen-bond donors (Lipinski definition) is 2. The lowest BCUT2D eigenvalue weighted by Crippen LogP contribution is -2.27. The summed E-state index contributed by atoms with van der Waals surface area (Å²) < 4.78 is 1.78. The monoisotopic (exact) mass is 507 g/mol. The topological polar surface area (TPSA) is 88.9 Å². The molecular formula is C20H16BrCl2N5O2. The van der Waals surface area contributed by atoms with E-state index < -0.39 is 5.91 Å². The van der Waals surface area contributed by atoms with Crippen molar-refractivity contribution in [2.24, 2.45) is 5.92 Å². The van der Waals surface area contributed by atoms with Crippen LogP contribution in [0.3, 0.4) is 0 Å². The Morgan fingerprint density at radius 1 is 1.17 bits per heavy atom. The Hall–Kier alpha value is -2.42.